The van der Waals surface area contributed by atoms with Crippen molar-refractivity contribution in [2.75, 3.05) is 26.3 Å². The van der Waals surface area contributed by atoms with Gasteiger partial charge >= 0.3 is 0 Å². The van der Waals surface area contributed by atoms with Crippen LogP contribution in [0.4, 0.5) is 4.39 Å². The Kier molecular flexibility index (Phi) is 1.74. The fourth-order valence-corrected chi connectivity index (χ4v) is 2.07. The average Bonchev–Trinajstić information content (AvgIpc) is 3.11. The minimum atomic E-state index is -3.62. The maximum absolute atomic E-state index is 14.3. The summed E-state index contributed by atoms with van der Waals surface area (Å²) in [6.07, 6.45) is -3.62. The minimum Gasteiger partial charge on any atom is -0.493 e. The highest BCUT2D eigenvalue weighted by Crippen LogP contribution is 2.36. The monoisotopic (exact) mass is 343 g/mol. The van der Waals surface area contributed by atoms with Crippen molar-refractivity contribution in [3.05, 3.63) is 53.7 Å². The lowest BCUT2D eigenvalue weighted by Crippen LogP contribution is -2.38. The molecule has 0 spiro atoms. The lowest BCUT2D eigenvalue weighted by Gasteiger charge is -2.32. The fraction of sp³-hybridized carbons (Fsp3) is 0.368. The molecule has 1 unspecified atom stereocenters. The van der Waals surface area contributed by atoms with Crippen LogP contribution in [0.25, 0.3) is 0 Å². The molecule has 1 fully saturated rings. The summed E-state index contributed by atoms with van der Waals surface area (Å²) >= 11 is 0. The molecule has 5 heteroatoms. The van der Waals surface area contributed by atoms with E-state index in [1.807, 2.05) is 5.32 Å². The maximum Gasteiger partial charge on any atom is 0.231 e. The zero-order chi connectivity index (χ0) is 28.9. The summed E-state index contributed by atoms with van der Waals surface area (Å²) < 4.78 is 145. The third-order valence-electron chi connectivity index (χ3n) is 3.20. The molecule has 4 nitrogen and oxygen atoms in total. The molecule has 2 aliphatic heterocycles. The molecule has 126 valence electrons. The molecule has 1 N–H and O–H groups in total. The van der Waals surface area contributed by atoms with Gasteiger partial charge in [-0.2, -0.15) is 0 Å². The van der Waals surface area contributed by atoms with Crippen LogP contribution in [-0.2, 0) is 0 Å². The van der Waals surface area contributed by atoms with E-state index in [0.717, 1.165) is 18.2 Å². The summed E-state index contributed by atoms with van der Waals surface area (Å²) in [5.41, 5.74) is -1.23. The molecule has 24 heavy (non-hydrogen) atoms. The number of piperidine rings is 1. The highest BCUT2D eigenvalue weighted by atomic mass is 19.1. The summed E-state index contributed by atoms with van der Waals surface area (Å²) in [5, 5.41) is 2.03. The van der Waals surface area contributed by atoms with Crippen LogP contribution in [0, 0.1) is 11.7 Å². The number of halogens is 1. The van der Waals surface area contributed by atoms with Crippen LogP contribution < -0.4 is 19.5 Å². The molecular formula is C19H20FNO3. The minimum absolute atomic E-state index is 0.0582. The van der Waals surface area contributed by atoms with Crippen LogP contribution in [0.15, 0.2) is 42.4 Å². The number of hydrogen-bond acceptors (Lipinski definition) is 4. The average molecular weight is 343 g/mol. The molecule has 4 rings (SSSR count). The second kappa shape index (κ2) is 6.69. The Morgan fingerprint density at radius 2 is 2.17 bits per heavy atom. The fourth-order valence-electron chi connectivity index (χ4n) is 2.07. The number of fused-ring (bicyclic) bond motifs is 1. The van der Waals surface area contributed by atoms with Crippen molar-refractivity contribution in [3.63, 3.8) is 0 Å². The number of ether oxygens (including phenoxy) is 3. The maximum atomic E-state index is 14.3. The van der Waals surface area contributed by atoms with Crippen molar-refractivity contribution in [2.45, 2.75) is 12.3 Å². The summed E-state index contributed by atoms with van der Waals surface area (Å²) in [4.78, 5) is 0. The van der Waals surface area contributed by atoms with Crippen molar-refractivity contribution in [3.8, 4) is 17.2 Å². The SMILES string of the molecule is [2H]c1c([2H])c([C@]2([2H])C([2H])([2H])C([2H])([2H])NCC2([2H])C([2H])([2H])Oc2ccc3c(c2)OC([2H])([2H])O3)c([2H])c([2H])c1F. The lowest BCUT2D eigenvalue weighted by molar-refractivity contribution is 0.173. The Balaban J connectivity index is 1.92. The van der Waals surface area contributed by atoms with E-state index < -0.39 is 85.8 Å². The first-order valence-electron chi connectivity index (χ1n) is 13.9. The van der Waals surface area contributed by atoms with E-state index in [2.05, 4.69) is 0 Å². The molecule has 0 amide bonds. The zero-order valence-electron chi connectivity index (χ0n) is 26.0. The lowest BCUT2D eigenvalue weighted by atomic mass is 9.81. The Labute approximate surface area is 160 Å². The Hall–Kier alpha value is -2.27. The van der Waals surface area contributed by atoms with Gasteiger partial charge in [-0.05, 0) is 48.5 Å². The summed E-state index contributed by atoms with van der Waals surface area (Å²) in [5.74, 6) is -9.10. The van der Waals surface area contributed by atoms with E-state index in [0.29, 0.717) is 0 Å². The molecule has 0 bridgehead atoms. The third kappa shape index (κ3) is 3.17. The Morgan fingerprint density at radius 1 is 1.33 bits per heavy atom. The van der Waals surface area contributed by atoms with Gasteiger partial charge in [0, 0.05) is 26.7 Å². The topological polar surface area (TPSA) is 39.7 Å². The molecule has 2 heterocycles. The summed E-state index contributed by atoms with van der Waals surface area (Å²) in [7, 11) is 0. The van der Waals surface area contributed by atoms with Crippen molar-refractivity contribution in [1.82, 2.24) is 5.32 Å². The van der Waals surface area contributed by atoms with E-state index in [-0.39, 0.29) is 11.5 Å². The van der Waals surface area contributed by atoms with Gasteiger partial charge in [-0.25, -0.2) is 4.39 Å². The van der Waals surface area contributed by atoms with Crippen molar-refractivity contribution in [2.24, 2.45) is 5.89 Å². The van der Waals surface area contributed by atoms with Crippen LogP contribution in [0.1, 0.15) is 37.0 Å². The van der Waals surface area contributed by atoms with Crippen LogP contribution in [0.5, 0.6) is 17.2 Å². The van der Waals surface area contributed by atoms with Gasteiger partial charge in [0.1, 0.15) is 14.3 Å². The smallest absolute Gasteiger partial charge is 0.231 e. The van der Waals surface area contributed by atoms with Crippen molar-refractivity contribution >= 4 is 0 Å². The zero-order valence-corrected chi connectivity index (χ0v) is 12.0. The largest absolute Gasteiger partial charge is 0.493 e. The summed E-state index contributed by atoms with van der Waals surface area (Å²) in [6, 6.07) is -1.91. The Bertz CT molecular complexity index is 1300. The summed E-state index contributed by atoms with van der Waals surface area (Å²) in [6.45, 7) is -10.2. The third-order valence-corrected chi connectivity index (χ3v) is 3.20. The molecule has 2 aromatic carbocycles. The molecule has 2 aromatic rings. The molecule has 2 aliphatic rings. The number of rotatable bonds is 4. The first-order chi connectivity index (χ1) is 17.1. The van der Waals surface area contributed by atoms with Gasteiger partial charge in [0.25, 0.3) is 0 Å². The van der Waals surface area contributed by atoms with Crippen LogP contribution in [0.2, 0.25) is 0 Å². The van der Waals surface area contributed by atoms with Gasteiger partial charge in [-0.15, -0.1) is 0 Å². The van der Waals surface area contributed by atoms with Gasteiger partial charge in [-0.3, -0.25) is 0 Å². The van der Waals surface area contributed by atoms with Gasteiger partial charge in [0.05, 0.1) is 14.8 Å². The molecule has 0 aliphatic carbocycles. The number of benzene rings is 2. The quantitative estimate of drug-likeness (QED) is 0.924. The van der Waals surface area contributed by atoms with Crippen LogP contribution in [0.3, 0.4) is 0 Å². The highest BCUT2D eigenvalue weighted by molar-refractivity contribution is 5.46. The standard InChI is InChI=1S/C19H20FNO3/c20-15-3-1-13(2-4-15)17-7-8-21-10-14(17)11-22-16-5-6-18-19(9-16)24-12-23-18/h1-6,9,14,17,21H,7-8,10-12H2/t14?,17-/m0/s1/i1D,2D,3D,4D,7D2,8D2,11D2,12D2,14D,17D. The Morgan fingerprint density at radius 3 is 3.04 bits per heavy atom. The molecule has 0 saturated carbocycles. The van der Waals surface area contributed by atoms with Crippen LogP contribution >= 0.6 is 0 Å². The molecule has 2 atom stereocenters. The normalized spacial score (nSPS) is 43.9. The molecule has 0 radical (unpaired) electrons. The van der Waals surface area contributed by atoms with E-state index in [4.69, 9.17) is 33.4 Å². The predicted molar refractivity (Wildman–Crippen MR) is 88.2 cm³/mol. The molecule has 0 aromatic heterocycles. The molecular weight excluding hydrogens is 309 g/mol. The predicted octanol–water partition coefficient (Wildman–Crippen LogP) is 3.33. The van der Waals surface area contributed by atoms with Gasteiger partial charge in [0.2, 0.25) is 6.75 Å². The van der Waals surface area contributed by atoms with E-state index in [9.17, 15) is 4.39 Å². The van der Waals surface area contributed by atoms with Crippen molar-refractivity contribution < 1.29 is 37.8 Å². The number of hydrogen-bond donors (Lipinski definition) is 1. The van der Waals surface area contributed by atoms with E-state index in [1.165, 1.54) is 0 Å². The van der Waals surface area contributed by atoms with Gasteiger partial charge < -0.3 is 19.5 Å². The van der Waals surface area contributed by atoms with E-state index >= 15 is 0 Å². The molecule has 1 saturated heterocycles. The van der Waals surface area contributed by atoms with Gasteiger partial charge in [-0.1, -0.05) is 12.1 Å². The second-order valence-corrected chi connectivity index (χ2v) is 4.75. The first-order valence-corrected chi connectivity index (χ1v) is 6.86. The first kappa shape index (κ1) is 6.23. The van der Waals surface area contributed by atoms with E-state index in [1.54, 1.807) is 0 Å². The highest BCUT2D eigenvalue weighted by Gasteiger charge is 2.27. The second-order valence-electron chi connectivity index (χ2n) is 4.75. The van der Waals surface area contributed by atoms with Crippen molar-refractivity contribution in [1.29, 1.82) is 0 Å². The van der Waals surface area contributed by atoms with Crippen LogP contribution in [-0.4, -0.2) is 26.3 Å². The van der Waals surface area contributed by atoms with Gasteiger partial charge in [0.15, 0.2) is 11.5 Å². The number of nitrogens with one attached hydrogen (secondary N) is 1.